The number of hydrogen-bond acceptors (Lipinski definition) is 4. The highest BCUT2D eigenvalue weighted by Gasteiger charge is 2.25. The smallest absolute Gasteiger partial charge is 0.223 e. The third-order valence-electron chi connectivity index (χ3n) is 3.95. The van der Waals surface area contributed by atoms with Crippen molar-refractivity contribution in [2.75, 3.05) is 11.9 Å². The van der Waals surface area contributed by atoms with E-state index in [2.05, 4.69) is 36.1 Å². The molecule has 1 heterocycles. The quantitative estimate of drug-likeness (QED) is 0.879. The number of nitrogens with two attached hydrogens (primary N) is 1. The number of hydrogen-bond donors (Lipinski definition) is 2. The molecule has 0 radical (unpaired) electrons. The summed E-state index contributed by atoms with van der Waals surface area (Å²) in [7, 11) is 0. The molecule has 19 heavy (non-hydrogen) atoms. The molecule has 1 aliphatic rings. The Morgan fingerprint density at radius 3 is 2.74 bits per heavy atom. The zero-order valence-corrected chi connectivity index (χ0v) is 12.3. The maximum absolute atomic E-state index is 5.87. The van der Waals surface area contributed by atoms with Crippen LogP contribution in [0.4, 0.5) is 5.95 Å². The largest absolute Gasteiger partial charge is 0.351 e. The van der Waals surface area contributed by atoms with Crippen LogP contribution in [0.5, 0.6) is 0 Å². The summed E-state index contributed by atoms with van der Waals surface area (Å²) in [6.45, 7) is 7.25. The molecule has 0 aliphatic heterocycles. The van der Waals surface area contributed by atoms with E-state index in [9.17, 15) is 0 Å². The van der Waals surface area contributed by atoms with E-state index in [0.29, 0.717) is 12.0 Å². The molecule has 0 spiro atoms. The fraction of sp³-hybridized carbons (Fsp3) is 0.733. The molecule has 0 saturated heterocycles. The van der Waals surface area contributed by atoms with Gasteiger partial charge in [-0.25, -0.2) is 9.97 Å². The van der Waals surface area contributed by atoms with Crippen LogP contribution in [0.25, 0.3) is 0 Å². The van der Waals surface area contributed by atoms with Crippen molar-refractivity contribution in [2.45, 2.75) is 57.9 Å². The van der Waals surface area contributed by atoms with Gasteiger partial charge < -0.3 is 11.1 Å². The van der Waals surface area contributed by atoms with Crippen molar-refractivity contribution in [3.05, 3.63) is 18.0 Å². The third kappa shape index (κ3) is 3.66. The molecule has 4 nitrogen and oxygen atoms in total. The van der Waals surface area contributed by atoms with Crippen molar-refractivity contribution in [2.24, 2.45) is 11.7 Å². The van der Waals surface area contributed by atoms with E-state index in [0.717, 1.165) is 18.2 Å². The standard InChI is InChI=1S/C15H26N4/c1-15(2,3)13-8-9-17-14(19-13)18-12-7-5-4-6-11(12)10-16/h8-9,11-12H,4-7,10,16H2,1-3H3,(H,17,18,19). The molecule has 1 aromatic rings. The molecular weight excluding hydrogens is 236 g/mol. The predicted molar refractivity (Wildman–Crippen MR) is 79.2 cm³/mol. The van der Waals surface area contributed by atoms with Crippen molar-refractivity contribution in [3.63, 3.8) is 0 Å². The minimum atomic E-state index is 0.0548. The molecule has 4 heteroatoms. The Balaban J connectivity index is 2.10. The molecule has 106 valence electrons. The van der Waals surface area contributed by atoms with Gasteiger partial charge in [-0.15, -0.1) is 0 Å². The summed E-state index contributed by atoms with van der Waals surface area (Å²) in [5.41, 5.74) is 6.99. The van der Waals surface area contributed by atoms with E-state index in [1.165, 1.54) is 25.7 Å². The number of nitrogens with zero attached hydrogens (tertiary/aromatic N) is 2. The minimum absolute atomic E-state index is 0.0548. The van der Waals surface area contributed by atoms with Gasteiger partial charge in [-0.2, -0.15) is 0 Å². The van der Waals surface area contributed by atoms with Gasteiger partial charge in [0.2, 0.25) is 5.95 Å². The van der Waals surface area contributed by atoms with Crippen LogP contribution in [0.15, 0.2) is 12.3 Å². The van der Waals surface area contributed by atoms with E-state index in [4.69, 9.17) is 5.73 Å². The van der Waals surface area contributed by atoms with Crippen LogP contribution in [-0.4, -0.2) is 22.6 Å². The minimum Gasteiger partial charge on any atom is -0.351 e. The lowest BCUT2D eigenvalue weighted by Gasteiger charge is -2.31. The van der Waals surface area contributed by atoms with Crippen LogP contribution in [0.1, 0.15) is 52.1 Å². The average molecular weight is 262 g/mol. The first-order chi connectivity index (χ1) is 9.00. The van der Waals surface area contributed by atoms with Gasteiger partial charge in [0.05, 0.1) is 5.69 Å². The second-order valence-corrected chi connectivity index (χ2v) is 6.55. The fourth-order valence-electron chi connectivity index (χ4n) is 2.69. The second-order valence-electron chi connectivity index (χ2n) is 6.55. The molecule has 2 atom stereocenters. The Kier molecular flexibility index (Phi) is 4.40. The Hall–Kier alpha value is -1.16. The summed E-state index contributed by atoms with van der Waals surface area (Å²) < 4.78 is 0. The summed E-state index contributed by atoms with van der Waals surface area (Å²) in [5, 5.41) is 3.49. The first kappa shape index (κ1) is 14.3. The summed E-state index contributed by atoms with van der Waals surface area (Å²) in [6.07, 6.45) is 6.80. The summed E-state index contributed by atoms with van der Waals surface area (Å²) in [5.74, 6) is 1.30. The van der Waals surface area contributed by atoms with Crippen molar-refractivity contribution >= 4 is 5.95 Å². The highest BCUT2D eigenvalue weighted by Crippen LogP contribution is 2.26. The van der Waals surface area contributed by atoms with Gasteiger partial charge in [0.1, 0.15) is 0 Å². The number of rotatable bonds is 3. The highest BCUT2D eigenvalue weighted by atomic mass is 15.1. The van der Waals surface area contributed by atoms with Gasteiger partial charge in [0.15, 0.2) is 0 Å². The second kappa shape index (κ2) is 5.87. The van der Waals surface area contributed by atoms with E-state index < -0.39 is 0 Å². The Morgan fingerprint density at radius 1 is 1.32 bits per heavy atom. The molecule has 0 bridgehead atoms. The van der Waals surface area contributed by atoms with Crippen LogP contribution in [0.2, 0.25) is 0 Å². The maximum Gasteiger partial charge on any atom is 0.223 e. The molecule has 2 unspecified atom stereocenters. The van der Waals surface area contributed by atoms with Gasteiger partial charge in [0.25, 0.3) is 0 Å². The molecule has 2 rings (SSSR count). The molecule has 1 aromatic heterocycles. The zero-order chi connectivity index (χ0) is 13.9. The van der Waals surface area contributed by atoms with Crippen molar-refractivity contribution < 1.29 is 0 Å². The van der Waals surface area contributed by atoms with Gasteiger partial charge in [0, 0.05) is 17.7 Å². The SMILES string of the molecule is CC(C)(C)c1ccnc(NC2CCCCC2CN)n1. The van der Waals surface area contributed by atoms with E-state index in [-0.39, 0.29) is 5.41 Å². The number of anilines is 1. The van der Waals surface area contributed by atoms with Crippen LogP contribution >= 0.6 is 0 Å². The van der Waals surface area contributed by atoms with Gasteiger partial charge in [-0.1, -0.05) is 33.6 Å². The Bertz CT molecular complexity index is 411. The van der Waals surface area contributed by atoms with Gasteiger partial charge in [-0.3, -0.25) is 0 Å². The first-order valence-electron chi connectivity index (χ1n) is 7.31. The average Bonchev–Trinajstić information content (AvgIpc) is 2.39. The zero-order valence-electron chi connectivity index (χ0n) is 12.3. The lowest BCUT2D eigenvalue weighted by molar-refractivity contribution is 0.331. The lowest BCUT2D eigenvalue weighted by atomic mass is 9.84. The summed E-state index contributed by atoms with van der Waals surface area (Å²) in [4.78, 5) is 9.00. The number of aromatic nitrogens is 2. The predicted octanol–water partition coefficient (Wildman–Crippen LogP) is 2.70. The summed E-state index contributed by atoms with van der Waals surface area (Å²) in [6, 6.07) is 2.42. The van der Waals surface area contributed by atoms with Crippen molar-refractivity contribution in [1.29, 1.82) is 0 Å². The summed E-state index contributed by atoms with van der Waals surface area (Å²) >= 11 is 0. The maximum atomic E-state index is 5.87. The normalized spacial score (nSPS) is 24.2. The molecule has 1 aliphatic carbocycles. The first-order valence-corrected chi connectivity index (χ1v) is 7.31. The van der Waals surface area contributed by atoms with Crippen LogP contribution in [-0.2, 0) is 5.41 Å². The Morgan fingerprint density at radius 2 is 2.05 bits per heavy atom. The van der Waals surface area contributed by atoms with Crippen LogP contribution in [0.3, 0.4) is 0 Å². The fourth-order valence-corrected chi connectivity index (χ4v) is 2.69. The van der Waals surface area contributed by atoms with E-state index in [1.54, 1.807) is 0 Å². The monoisotopic (exact) mass is 262 g/mol. The molecule has 0 amide bonds. The van der Waals surface area contributed by atoms with Crippen LogP contribution in [0, 0.1) is 5.92 Å². The van der Waals surface area contributed by atoms with Gasteiger partial charge in [-0.05, 0) is 31.4 Å². The molecule has 0 aromatic carbocycles. The lowest BCUT2D eigenvalue weighted by Crippen LogP contribution is -2.37. The van der Waals surface area contributed by atoms with Crippen molar-refractivity contribution in [1.82, 2.24) is 9.97 Å². The number of nitrogens with one attached hydrogen (secondary N) is 1. The van der Waals surface area contributed by atoms with E-state index in [1.807, 2.05) is 12.3 Å². The molecule has 1 saturated carbocycles. The van der Waals surface area contributed by atoms with Gasteiger partial charge >= 0.3 is 0 Å². The van der Waals surface area contributed by atoms with E-state index >= 15 is 0 Å². The Labute approximate surface area is 116 Å². The topological polar surface area (TPSA) is 63.8 Å². The highest BCUT2D eigenvalue weighted by molar-refractivity contribution is 5.29. The molecule has 3 N–H and O–H groups in total. The molecular formula is C15H26N4. The van der Waals surface area contributed by atoms with Crippen molar-refractivity contribution in [3.8, 4) is 0 Å². The third-order valence-corrected chi connectivity index (χ3v) is 3.95. The van der Waals surface area contributed by atoms with Crippen LogP contribution < -0.4 is 11.1 Å². The molecule has 1 fully saturated rings.